The highest BCUT2D eigenvalue weighted by Crippen LogP contribution is 2.89. The van der Waals surface area contributed by atoms with Crippen LogP contribution in [0.3, 0.4) is 0 Å². The molecule has 7 aliphatic rings. The Morgan fingerprint density at radius 3 is 2.02 bits per heavy atom. The Kier molecular flexibility index (Phi) is 10.6. The Bertz CT molecular complexity index is 1380. The molecule has 2 saturated heterocycles. The lowest BCUT2D eigenvalue weighted by Crippen LogP contribution is -2.63. The molecule has 14 heteroatoms. The second-order valence-electron chi connectivity index (χ2n) is 20.4. The Morgan fingerprint density at radius 2 is 1.37 bits per heavy atom. The van der Waals surface area contributed by atoms with E-state index in [0.717, 1.165) is 25.7 Å². The molecule has 10 N–H and O–H groups in total. The van der Waals surface area contributed by atoms with Crippen LogP contribution in [0.5, 0.6) is 0 Å². The van der Waals surface area contributed by atoms with Crippen molar-refractivity contribution in [3.8, 4) is 0 Å². The maximum absolute atomic E-state index is 12.3. The molecular weight excluding hydrogens is 704 g/mol. The van der Waals surface area contributed by atoms with Crippen LogP contribution in [0.15, 0.2) is 0 Å². The molecule has 0 aromatic carbocycles. The summed E-state index contributed by atoms with van der Waals surface area (Å²) in [6.07, 6.45) is -9.39. The monoisotopic (exact) mass is 772 g/mol. The number of rotatable bonds is 9. The predicted molar refractivity (Wildman–Crippen MR) is 191 cm³/mol. The minimum atomic E-state index is -1.61. The van der Waals surface area contributed by atoms with Crippen LogP contribution >= 0.6 is 0 Å². The van der Waals surface area contributed by atoms with Crippen LogP contribution in [0, 0.1) is 50.7 Å². The third-order valence-electron chi connectivity index (χ3n) is 16.8. The van der Waals surface area contributed by atoms with Crippen LogP contribution in [0.1, 0.15) is 99.8 Å². The van der Waals surface area contributed by atoms with Crippen molar-refractivity contribution in [2.75, 3.05) is 13.2 Å². The van der Waals surface area contributed by atoms with Gasteiger partial charge in [0, 0.05) is 0 Å². The first-order valence-electron chi connectivity index (χ1n) is 20.4. The molecule has 312 valence electrons. The summed E-state index contributed by atoms with van der Waals surface area (Å²) in [7, 11) is 0. The summed E-state index contributed by atoms with van der Waals surface area (Å²) in [5.74, 6) is -0.172. The molecule has 0 aromatic heterocycles. The fraction of sp³-hybridized carbons (Fsp3) is 1.00. The minimum absolute atomic E-state index is 0.00495. The van der Waals surface area contributed by atoms with Crippen molar-refractivity contribution in [2.24, 2.45) is 50.7 Å². The average Bonchev–Trinajstić information content (AvgIpc) is 3.67. The van der Waals surface area contributed by atoms with Gasteiger partial charge in [0.1, 0.15) is 42.7 Å². The third kappa shape index (κ3) is 6.02. The molecule has 54 heavy (non-hydrogen) atoms. The van der Waals surface area contributed by atoms with Crippen molar-refractivity contribution in [1.82, 2.24) is 0 Å². The van der Waals surface area contributed by atoms with Gasteiger partial charge in [-0.3, -0.25) is 0 Å². The SMILES string of the molecule is C[C@H](C[C@H](O)[C@@H](O)C(C)(C)O)[C@H]1[C@@H](O)C[C@@]2(C)[C@@H]3C[C@H](O)[C@H]4C(C)(C)[C@@H](O[C@@H]5OC[C@@H](O)[C@H](O)[C@H]5O[C@@H]5OC[C@H](O)[C@H](O)[C@H]5O)CC[C@@]45C[C@@]35CC[C@]12C. The van der Waals surface area contributed by atoms with E-state index < -0.39 is 90.7 Å². The zero-order chi connectivity index (χ0) is 39.7. The van der Waals surface area contributed by atoms with Gasteiger partial charge in [-0.25, -0.2) is 0 Å². The van der Waals surface area contributed by atoms with E-state index in [-0.39, 0.29) is 65.0 Å². The molecule has 5 saturated carbocycles. The first-order chi connectivity index (χ1) is 25.0. The molecule has 2 spiro atoms. The maximum atomic E-state index is 12.3. The summed E-state index contributed by atoms with van der Waals surface area (Å²) in [5.41, 5.74) is -2.68. The molecule has 21 atom stereocenters. The lowest BCUT2D eigenvalue weighted by Gasteiger charge is -2.64. The Morgan fingerprint density at radius 1 is 0.741 bits per heavy atom. The van der Waals surface area contributed by atoms with E-state index in [2.05, 4.69) is 27.7 Å². The highest BCUT2D eigenvalue weighted by atomic mass is 16.7. The molecule has 14 nitrogen and oxygen atoms in total. The molecule has 0 radical (unpaired) electrons. The van der Waals surface area contributed by atoms with E-state index in [9.17, 15) is 51.1 Å². The fourth-order valence-corrected chi connectivity index (χ4v) is 14.1. The molecule has 2 heterocycles. The van der Waals surface area contributed by atoms with E-state index in [1.54, 1.807) is 0 Å². The van der Waals surface area contributed by atoms with E-state index >= 15 is 0 Å². The van der Waals surface area contributed by atoms with Gasteiger partial charge < -0.3 is 70.0 Å². The van der Waals surface area contributed by atoms with Crippen LogP contribution in [0.4, 0.5) is 0 Å². The summed E-state index contributed by atoms with van der Waals surface area (Å²) in [5, 5.41) is 108. The van der Waals surface area contributed by atoms with Gasteiger partial charge in [-0.2, -0.15) is 0 Å². The van der Waals surface area contributed by atoms with Crippen molar-refractivity contribution < 1.29 is 70.0 Å². The van der Waals surface area contributed by atoms with Crippen molar-refractivity contribution in [3.63, 3.8) is 0 Å². The molecule has 5 aliphatic carbocycles. The molecule has 0 unspecified atom stereocenters. The zero-order valence-corrected chi connectivity index (χ0v) is 33.0. The van der Waals surface area contributed by atoms with Crippen LogP contribution < -0.4 is 0 Å². The molecule has 0 aromatic rings. The Labute approximate surface area is 318 Å². The first kappa shape index (κ1) is 41.6. The molecule has 7 fully saturated rings. The molecular formula is C40H68O14. The third-order valence-corrected chi connectivity index (χ3v) is 16.8. The lowest BCUT2D eigenvalue weighted by atomic mass is 9.41. The topological polar surface area (TPSA) is 239 Å². The molecule has 7 rings (SSSR count). The number of hydrogen-bond acceptors (Lipinski definition) is 14. The van der Waals surface area contributed by atoms with Gasteiger partial charge in [-0.1, -0.05) is 34.6 Å². The number of ether oxygens (including phenoxy) is 4. The molecule has 2 aliphatic heterocycles. The van der Waals surface area contributed by atoms with Crippen LogP contribution in [-0.2, 0) is 18.9 Å². The second-order valence-corrected chi connectivity index (χ2v) is 20.4. The lowest BCUT2D eigenvalue weighted by molar-refractivity contribution is -0.356. The Hall–Kier alpha value is -0.560. The summed E-state index contributed by atoms with van der Waals surface area (Å²) >= 11 is 0. The second kappa shape index (κ2) is 13.8. The van der Waals surface area contributed by atoms with Crippen molar-refractivity contribution in [1.29, 1.82) is 0 Å². The van der Waals surface area contributed by atoms with Gasteiger partial charge in [0.15, 0.2) is 12.6 Å². The number of fused-ring (bicyclic) bond motifs is 2. The highest BCUT2D eigenvalue weighted by Gasteiger charge is 2.84. The van der Waals surface area contributed by atoms with Crippen molar-refractivity contribution in [2.45, 2.75) is 185 Å². The van der Waals surface area contributed by atoms with Gasteiger partial charge in [0.25, 0.3) is 0 Å². The summed E-state index contributed by atoms with van der Waals surface area (Å²) in [6.45, 7) is 13.3. The summed E-state index contributed by atoms with van der Waals surface area (Å²) < 4.78 is 23.9. The van der Waals surface area contributed by atoms with Gasteiger partial charge in [0.05, 0.1) is 43.2 Å². The summed E-state index contributed by atoms with van der Waals surface area (Å²) in [6, 6.07) is 0. The number of aliphatic hydroxyl groups is 10. The van der Waals surface area contributed by atoms with E-state index in [1.807, 2.05) is 6.92 Å². The van der Waals surface area contributed by atoms with Gasteiger partial charge >= 0.3 is 0 Å². The molecule has 0 bridgehead atoms. The van der Waals surface area contributed by atoms with Crippen LogP contribution in [0.2, 0.25) is 0 Å². The average molecular weight is 773 g/mol. The number of hydrogen-bond donors (Lipinski definition) is 10. The normalized spacial score (nSPS) is 54.4. The predicted octanol–water partition coefficient (Wildman–Crippen LogP) is 0.174. The zero-order valence-electron chi connectivity index (χ0n) is 33.0. The first-order valence-corrected chi connectivity index (χ1v) is 20.4. The van der Waals surface area contributed by atoms with Crippen LogP contribution in [0.25, 0.3) is 0 Å². The van der Waals surface area contributed by atoms with Gasteiger partial charge in [0.2, 0.25) is 0 Å². The van der Waals surface area contributed by atoms with Crippen molar-refractivity contribution in [3.05, 3.63) is 0 Å². The standard InChI is InChI=1S/C40H68O14/c1-18(12-20(42)32(49)36(4,5)50)26-21(43)14-38(7)24-13-19(41)31-35(2,3)25(8-9-40(31)17-39(24,40)11-10-37(26,38)6)53-34-30(28(47)23(45)16-52-34)54-33-29(48)27(46)22(44)15-51-33/h18-34,41-50H,8-17H2,1-7H3/t18-,19+,20+,21+,22+,23-,24+,25+,26+,27+,28+,29-,30-,31+,32-,33+,34+,37-,38+,39+,40-/m1/s1. The van der Waals surface area contributed by atoms with Crippen molar-refractivity contribution >= 4 is 0 Å². The van der Waals surface area contributed by atoms with Gasteiger partial charge in [-0.05, 0) is 116 Å². The van der Waals surface area contributed by atoms with E-state index in [0.29, 0.717) is 19.3 Å². The highest BCUT2D eigenvalue weighted by molar-refractivity contribution is 5.32. The van der Waals surface area contributed by atoms with E-state index in [4.69, 9.17) is 18.9 Å². The van der Waals surface area contributed by atoms with Crippen LogP contribution in [-0.4, -0.2) is 150 Å². The van der Waals surface area contributed by atoms with E-state index in [1.165, 1.54) is 13.8 Å². The molecule has 0 amide bonds. The maximum Gasteiger partial charge on any atom is 0.186 e. The largest absolute Gasteiger partial charge is 0.393 e. The van der Waals surface area contributed by atoms with Gasteiger partial charge in [-0.15, -0.1) is 0 Å². The minimum Gasteiger partial charge on any atom is -0.393 e. The number of aliphatic hydroxyl groups excluding tert-OH is 9. The fourth-order valence-electron chi connectivity index (χ4n) is 14.1. The Balaban J connectivity index is 1.09. The quantitative estimate of drug-likeness (QED) is 0.141. The smallest absolute Gasteiger partial charge is 0.186 e. The summed E-state index contributed by atoms with van der Waals surface area (Å²) in [4.78, 5) is 0.